The van der Waals surface area contributed by atoms with Crippen molar-refractivity contribution < 1.29 is 9.47 Å². The standard InChI is InChI=1S/C15H16N4O2S/c1-16-14-13-12(4-5-22-13)18-15(19-14)17-9-6-10(20-2)8-11(7-9)21-3/h4-8H,1-3H3,(H2,16,17,18,19). The van der Waals surface area contributed by atoms with Crippen LogP contribution in [0.4, 0.5) is 17.5 Å². The summed E-state index contributed by atoms with van der Waals surface area (Å²) in [5.41, 5.74) is 1.70. The van der Waals surface area contributed by atoms with Gasteiger partial charge in [-0.05, 0) is 11.4 Å². The van der Waals surface area contributed by atoms with Crippen molar-refractivity contribution in [1.82, 2.24) is 9.97 Å². The highest BCUT2D eigenvalue weighted by atomic mass is 32.1. The second-order valence-corrected chi connectivity index (χ2v) is 5.42. The molecule has 0 aliphatic carbocycles. The second kappa shape index (κ2) is 6.07. The molecule has 0 bridgehead atoms. The summed E-state index contributed by atoms with van der Waals surface area (Å²) in [4.78, 5) is 9.01. The van der Waals surface area contributed by atoms with Crippen molar-refractivity contribution in [2.75, 3.05) is 31.9 Å². The fraction of sp³-hybridized carbons (Fsp3) is 0.200. The van der Waals surface area contributed by atoms with Crippen molar-refractivity contribution in [3.63, 3.8) is 0 Å². The molecule has 0 aliphatic heterocycles. The zero-order valence-corrected chi connectivity index (χ0v) is 13.3. The van der Waals surface area contributed by atoms with Crippen LogP contribution in [0.25, 0.3) is 10.2 Å². The lowest BCUT2D eigenvalue weighted by atomic mass is 10.3. The number of hydrogen-bond acceptors (Lipinski definition) is 7. The number of fused-ring (bicyclic) bond motifs is 1. The maximum Gasteiger partial charge on any atom is 0.229 e. The molecule has 0 atom stereocenters. The van der Waals surface area contributed by atoms with Crippen molar-refractivity contribution in [2.45, 2.75) is 0 Å². The van der Waals surface area contributed by atoms with E-state index in [1.807, 2.05) is 36.7 Å². The van der Waals surface area contributed by atoms with Crippen LogP contribution in [0, 0.1) is 0 Å². The van der Waals surface area contributed by atoms with Crippen molar-refractivity contribution in [3.05, 3.63) is 29.6 Å². The molecule has 0 saturated heterocycles. The van der Waals surface area contributed by atoms with Crippen molar-refractivity contribution >= 4 is 39.0 Å². The molecular formula is C15H16N4O2S. The number of nitrogens with one attached hydrogen (secondary N) is 2. The molecule has 3 rings (SSSR count). The van der Waals surface area contributed by atoms with Crippen LogP contribution in [0.15, 0.2) is 29.6 Å². The molecule has 2 heterocycles. The van der Waals surface area contributed by atoms with Gasteiger partial charge in [-0.15, -0.1) is 11.3 Å². The van der Waals surface area contributed by atoms with E-state index in [-0.39, 0.29) is 0 Å². The van der Waals surface area contributed by atoms with Gasteiger partial charge in [-0.3, -0.25) is 0 Å². The molecule has 3 aromatic rings. The van der Waals surface area contributed by atoms with Crippen LogP contribution in [0.5, 0.6) is 11.5 Å². The van der Waals surface area contributed by atoms with E-state index in [1.165, 1.54) is 0 Å². The number of nitrogens with zero attached hydrogens (tertiary/aromatic N) is 2. The largest absolute Gasteiger partial charge is 0.497 e. The molecule has 2 aromatic heterocycles. The van der Waals surface area contributed by atoms with Gasteiger partial charge in [0.25, 0.3) is 0 Å². The topological polar surface area (TPSA) is 68.3 Å². The number of thiophene rings is 1. The van der Waals surface area contributed by atoms with Crippen LogP contribution in [-0.4, -0.2) is 31.2 Å². The van der Waals surface area contributed by atoms with Crippen molar-refractivity contribution in [2.24, 2.45) is 0 Å². The third-order valence-corrected chi connectivity index (χ3v) is 4.06. The minimum absolute atomic E-state index is 0.519. The molecule has 0 unspecified atom stereocenters. The Hall–Kier alpha value is -2.54. The van der Waals surface area contributed by atoms with Gasteiger partial charge in [0.1, 0.15) is 17.3 Å². The predicted octanol–water partition coefficient (Wildman–Crippen LogP) is 3.49. The molecule has 0 spiro atoms. The summed E-state index contributed by atoms with van der Waals surface area (Å²) < 4.78 is 11.6. The summed E-state index contributed by atoms with van der Waals surface area (Å²) >= 11 is 1.61. The lowest BCUT2D eigenvalue weighted by Gasteiger charge is -2.11. The molecule has 0 aliphatic rings. The third-order valence-electron chi connectivity index (χ3n) is 3.15. The van der Waals surface area contributed by atoms with Gasteiger partial charge >= 0.3 is 0 Å². The van der Waals surface area contributed by atoms with E-state index in [0.29, 0.717) is 17.4 Å². The highest BCUT2D eigenvalue weighted by Crippen LogP contribution is 2.30. The number of ether oxygens (including phenoxy) is 2. The van der Waals surface area contributed by atoms with Crippen LogP contribution >= 0.6 is 11.3 Å². The van der Waals surface area contributed by atoms with E-state index in [1.54, 1.807) is 25.6 Å². The Morgan fingerprint density at radius 3 is 2.41 bits per heavy atom. The highest BCUT2D eigenvalue weighted by molar-refractivity contribution is 7.17. The van der Waals surface area contributed by atoms with Crippen molar-refractivity contribution in [3.8, 4) is 11.5 Å². The highest BCUT2D eigenvalue weighted by Gasteiger charge is 2.09. The van der Waals surface area contributed by atoms with E-state index in [0.717, 1.165) is 21.7 Å². The first kappa shape index (κ1) is 14.4. The molecule has 7 heteroatoms. The summed E-state index contributed by atoms with van der Waals surface area (Å²) in [5.74, 6) is 2.72. The molecule has 0 amide bonds. The number of hydrogen-bond donors (Lipinski definition) is 2. The molecule has 1 aromatic carbocycles. The van der Waals surface area contributed by atoms with E-state index < -0.39 is 0 Å². The first-order chi connectivity index (χ1) is 10.7. The Balaban J connectivity index is 1.99. The fourth-order valence-electron chi connectivity index (χ4n) is 2.10. The monoisotopic (exact) mass is 316 g/mol. The molecule has 2 N–H and O–H groups in total. The Labute approximate surface area is 132 Å². The Bertz CT molecular complexity index is 781. The third kappa shape index (κ3) is 2.75. The zero-order valence-electron chi connectivity index (χ0n) is 12.5. The summed E-state index contributed by atoms with van der Waals surface area (Å²) in [6.45, 7) is 0. The van der Waals surface area contributed by atoms with Gasteiger partial charge in [-0.1, -0.05) is 0 Å². The van der Waals surface area contributed by atoms with Crippen LogP contribution in [-0.2, 0) is 0 Å². The number of anilines is 3. The average molecular weight is 316 g/mol. The molecule has 0 radical (unpaired) electrons. The minimum Gasteiger partial charge on any atom is -0.497 e. The predicted molar refractivity (Wildman–Crippen MR) is 89.8 cm³/mol. The molecular weight excluding hydrogens is 300 g/mol. The molecule has 0 saturated carbocycles. The lowest BCUT2D eigenvalue weighted by Crippen LogP contribution is -2.01. The van der Waals surface area contributed by atoms with Gasteiger partial charge in [0.15, 0.2) is 0 Å². The molecule has 6 nitrogen and oxygen atoms in total. The zero-order chi connectivity index (χ0) is 15.5. The van der Waals surface area contributed by atoms with Gasteiger partial charge < -0.3 is 20.1 Å². The number of aromatic nitrogens is 2. The van der Waals surface area contributed by atoms with Crippen molar-refractivity contribution in [1.29, 1.82) is 0 Å². The van der Waals surface area contributed by atoms with Crippen LogP contribution in [0.1, 0.15) is 0 Å². The molecule has 0 fully saturated rings. The summed E-state index contributed by atoms with van der Waals surface area (Å²) in [6.07, 6.45) is 0. The Morgan fingerprint density at radius 1 is 1.05 bits per heavy atom. The second-order valence-electron chi connectivity index (χ2n) is 4.51. The van der Waals surface area contributed by atoms with Gasteiger partial charge in [-0.25, -0.2) is 4.98 Å². The van der Waals surface area contributed by atoms with Gasteiger partial charge in [0, 0.05) is 30.9 Å². The smallest absolute Gasteiger partial charge is 0.229 e. The fourth-order valence-corrected chi connectivity index (χ4v) is 2.92. The van der Waals surface area contributed by atoms with E-state index in [9.17, 15) is 0 Å². The van der Waals surface area contributed by atoms with E-state index in [2.05, 4.69) is 20.6 Å². The number of benzene rings is 1. The number of rotatable bonds is 5. The SMILES string of the molecule is CNc1nc(Nc2cc(OC)cc(OC)c2)nc2ccsc12. The maximum absolute atomic E-state index is 5.27. The van der Waals surface area contributed by atoms with E-state index in [4.69, 9.17) is 9.47 Å². The van der Waals surface area contributed by atoms with Gasteiger partial charge in [0.05, 0.1) is 24.4 Å². The molecule has 114 valence electrons. The summed E-state index contributed by atoms with van der Waals surface area (Å²) in [6, 6.07) is 7.51. The van der Waals surface area contributed by atoms with Gasteiger partial charge in [0.2, 0.25) is 5.95 Å². The van der Waals surface area contributed by atoms with Crippen LogP contribution in [0.3, 0.4) is 0 Å². The van der Waals surface area contributed by atoms with E-state index >= 15 is 0 Å². The Morgan fingerprint density at radius 2 is 1.77 bits per heavy atom. The quantitative estimate of drug-likeness (QED) is 0.751. The first-order valence-corrected chi connectivity index (χ1v) is 7.54. The van der Waals surface area contributed by atoms with Crippen LogP contribution in [0.2, 0.25) is 0 Å². The minimum atomic E-state index is 0.519. The average Bonchev–Trinajstić information content (AvgIpc) is 3.02. The lowest BCUT2D eigenvalue weighted by molar-refractivity contribution is 0.395. The molecule has 22 heavy (non-hydrogen) atoms. The van der Waals surface area contributed by atoms with Crippen LogP contribution < -0.4 is 20.1 Å². The van der Waals surface area contributed by atoms with Gasteiger partial charge in [-0.2, -0.15) is 4.98 Å². The summed E-state index contributed by atoms with van der Waals surface area (Å²) in [5, 5.41) is 8.29. The first-order valence-electron chi connectivity index (χ1n) is 6.66. The number of methoxy groups -OCH3 is 2. The summed E-state index contributed by atoms with van der Waals surface area (Å²) in [7, 11) is 5.08. The maximum atomic E-state index is 5.27. The Kier molecular flexibility index (Phi) is 3.97. The normalized spacial score (nSPS) is 10.5.